The van der Waals surface area contributed by atoms with Crippen molar-refractivity contribution in [1.82, 2.24) is 24.8 Å². The molecule has 23 heavy (non-hydrogen) atoms. The molecule has 6 nitrogen and oxygen atoms in total. The molecule has 0 atom stereocenters. The Morgan fingerprint density at radius 1 is 1.13 bits per heavy atom. The Labute approximate surface area is 140 Å². The van der Waals surface area contributed by atoms with E-state index in [-0.39, 0.29) is 0 Å². The number of aryl methyl sites for hydroxylation is 1. The van der Waals surface area contributed by atoms with Crippen molar-refractivity contribution in [2.75, 3.05) is 44.2 Å². The number of nitrogens with zero attached hydrogens (tertiary/aromatic N) is 6. The fourth-order valence-electron chi connectivity index (χ4n) is 3.35. The van der Waals surface area contributed by atoms with Crippen LogP contribution in [0, 0.1) is 6.92 Å². The second-order valence-electron chi connectivity index (χ2n) is 6.28. The normalized spacial score (nSPS) is 20.7. The molecular formula is C16H22N6S. The Morgan fingerprint density at radius 3 is 2.52 bits per heavy atom. The van der Waals surface area contributed by atoms with Crippen LogP contribution < -0.4 is 4.90 Å². The highest BCUT2D eigenvalue weighted by atomic mass is 32.1. The van der Waals surface area contributed by atoms with Crippen LogP contribution in [-0.2, 0) is 6.54 Å². The monoisotopic (exact) mass is 330 g/mol. The van der Waals surface area contributed by atoms with Crippen molar-refractivity contribution in [1.29, 1.82) is 0 Å². The third kappa shape index (κ3) is 3.36. The Morgan fingerprint density at radius 2 is 1.87 bits per heavy atom. The van der Waals surface area contributed by atoms with Gasteiger partial charge in [0.25, 0.3) is 0 Å². The van der Waals surface area contributed by atoms with E-state index in [9.17, 15) is 0 Å². The molecule has 122 valence electrons. The summed E-state index contributed by atoms with van der Waals surface area (Å²) in [7, 11) is 0. The summed E-state index contributed by atoms with van der Waals surface area (Å²) in [5.74, 6) is 0.862. The molecule has 2 aromatic heterocycles. The predicted molar refractivity (Wildman–Crippen MR) is 91.7 cm³/mol. The second-order valence-corrected chi connectivity index (χ2v) is 7.34. The molecule has 7 heteroatoms. The maximum atomic E-state index is 4.56. The van der Waals surface area contributed by atoms with E-state index >= 15 is 0 Å². The van der Waals surface area contributed by atoms with E-state index in [0.717, 1.165) is 43.7 Å². The van der Waals surface area contributed by atoms with Gasteiger partial charge in [-0.15, -0.1) is 11.3 Å². The smallest absolute Gasteiger partial charge is 0.225 e. The fourth-order valence-corrected chi connectivity index (χ4v) is 3.96. The highest BCUT2D eigenvalue weighted by Gasteiger charge is 2.33. The van der Waals surface area contributed by atoms with Gasteiger partial charge in [0.1, 0.15) is 0 Å². The minimum atomic E-state index is 0.702. The number of hydrogen-bond donors (Lipinski definition) is 0. The minimum absolute atomic E-state index is 0.702. The zero-order valence-electron chi connectivity index (χ0n) is 13.4. The Hall–Kier alpha value is -1.57. The van der Waals surface area contributed by atoms with Crippen molar-refractivity contribution in [2.24, 2.45) is 0 Å². The quantitative estimate of drug-likeness (QED) is 0.841. The summed E-state index contributed by atoms with van der Waals surface area (Å²) >= 11 is 1.74. The van der Waals surface area contributed by atoms with Gasteiger partial charge in [0.05, 0.1) is 10.7 Å². The van der Waals surface area contributed by atoms with E-state index in [1.54, 1.807) is 11.3 Å². The minimum Gasteiger partial charge on any atom is -0.338 e. The van der Waals surface area contributed by atoms with Crippen molar-refractivity contribution >= 4 is 17.3 Å². The molecular weight excluding hydrogens is 308 g/mol. The Balaban J connectivity index is 1.23. The first-order chi connectivity index (χ1) is 11.3. The van der Waals surface area contributed by atoms with E-state index in [2.05, 4.69) is 42.0 Å². The summed E-state index contributed by atoms with van der Waals surface area (Å²) in [5.41, 5.74) is 1.22. The van der Waals surface area contributed by atoms with Crippen LogP contribution in [0.25, 0.3) is 0 Å². The number of piperazine rings is 1. The van der Waals surface area contributed by atoms with Crippen LogP contribution in [0.2, 0.25) is 0 Å². The first kappa shape index (κ1) is 15.0. The molecule has 0 aliphatic carbocycles. The van der Waals surface area contributed by atoms with Gasteiger partial charge in [0.2, 0.25) is 5.95 Å². The van der Waals surface area contributed by atoms with E-state index in [1.165, 1.54) is 18.8 Å². The van der Waals surface area contributed by atoms with E-state index in [1.807, 2.05) is 18.5 Å². The van der Waals surface area contributed by atoms with Crippen LogP contribution in [0.4, 0.5) is 5.95 Å². The molecule has 0 saturated carbocycles. The number of thiazole rings is 1. The maximum absolute atomic E-state index is 4.56. The van der Waals surface area contributed by atoms with Crippen molar-refractivity contribution in [3.05, 3.63) is 34.5 Å². The van der Waals surface area contributed by atoms with Crippen LogP contribution in [0.3, 0.4) is 0 Å². The lowest BCUT2D eigenvalue weighted by Crippen LogP contribution is -2.62. The maximum Gasteiger partial charge on any atom is 0.225 e. The average Bonchev–Trinajstić information content (AvgIpc) is 2.97. The lowest BCUT2D eigenvalue weighted by molar-refractivity contribution is 0.0248. The van der Waals surface area contributed by atoms with E-state index in [0.29, 0.717) is 6.04 Å². The first-order valence-corrected chi connectivity index (χ1v) is 9.05. The highest BCUT2D eigenvalue weighted by Crippen LogP contribution is 2.21. The largest absolute Gasteiger partial charge is 0.338 e. The van der Waals surface area contributed by atoms with Crippen LogP contribution in [0.5, 0.6) is 0 Å². The molecule has 0 N–H and O–H groups in total. The summed E-state index contributed by atoms with van der Waals surface area (Å²) in [6.45, 7) is 9.65. The zero-order chi connectivity index (χ0) is 15.6. The lowest BCUT2D eigenvalue weighted by atomic mass is 10.1. The Kier molecular flexibility index (Phi) is 4.24. The molecule has 0 amide bonds. The van der Waals surface area contributed by atoms with Crippen LogP contribution >= 0.6 is 11.3 Å². The van der Waals surface area contributed by atoms with Crippen LogP contribution in [0.1, 0.15) is 10.7 Å². The average molecular weight is 330 g/mol. The van der Waals surface area contributed by atoms with Crippen molar-refractivity contribution < 1.29 is 0 Å². The molecule has 2 fully saturated rings. The molecule has 0 unspecified atom stereocenters. The molecule has 0 bridgehead atoms. The van der Waals surface area contributed by atoms with Gasteiger partial charge >= 0.3 is 0 Å². The highest BCUT2D eigenvalue weighted by molar-refractivity contribution is 7.09. The number of rotatable bonds is 4. The molecule has 2 saturated heterocycles. The van der Waals surface area contributed by atoms with Gasteiger partial charge in [-0.05, 0) is 13.0 Å². The van der Waals surface area contributed by atoms with Crippen molar-refractivity contribution in [2.45, 2.75) is 19.5 Å². The zero-order valence-corrected chi connectivity index (χ0v) is 14.2. The number of anilines is 1. The Bertz CT molecular complexity index is 631. The fraction of sp³-hybridized carbons (Fsp3) is 0.562. The van der Waals surface area contributed by atoms with Crippen molar-refractivity contribution in [3.8, 4) is 0 Å². The third-order valence-electron chi connectivity index (χ3n) is 4.66. The molecule has 0 spiro atoms. The first-order valence-electron chi connectivity index (χ1n) is 8.17. The molecule has 0 radical (unpaired) electrons. The van der Waals surface area contributed by atoms with Gasteiger partial charge in [-0.3, -0.25) is 9.80 Å². The van der Waals surface area contributed by atoms with E-state index in [4.69, 9.17) is 0 Å². The van der Waals surface area contributed by atoms with Gasteiger partial charge in [-0.25, -0.2) is 15.0 Å². The summed E-state index contributed by atoms with van der Waals surface area (Å²) in [4.78, 5) is 20.6. The summed E-state index contributed by atoms with van der Waals surface area (Å²) in [6, 6.07) is 2.57. The van der Waals surface area contributed by atoms with Crippen molar-refractivity contribution in [3.63, 3.8) is 0 Å². The van der Waals surface area contributed by atoms with Gasteiger partial charge in [-0.2, -0.15) is 0 Å². The number of aromatic nitrogens is 3. The van der Waals surface area contributed by atoms with E-state index < -0.39 is 0 Å². The second kappa shape index (κ2) is 6.51. The summed E-state index contributed by atoms with van der Waals surface area (Å²) < 4.78 is 0. The SMILES string of the molecule is Cc1nc(CN2CC(N3CCN(c4ncccn4)CC3)C2)cs1. The molecule has 2 aliphatic rings. The van der Waals surface area contributed by atoms with Crippen LogP contribution in [-0.4, -0.2) is 70.1 Å². The lowest BCUT2D eigenvalue weighted by Gasteiger charge is -2.48. The standard InChI is InChI=1S/C16H22N6S/c1-13-19-14(12-23-13)9-20-10-15(11-20)21-5-7-22(8-6-21)16-17-3-2-4-18-16/h2-4,12,15H,5-11H2,1H3. The molecule has 0 aromatic carbocycles. The number of likely N-dealkylation sites (tertiary alicyclic amines) is 1. The number of hydrogen-bond acceptors (Lipinski definition) is 7. The molecule has 2 aliphatic heterocycles. The predicted octanol–water partition coefficient (Wildman–Crippen LogP) is 1.25. The van der Waals surface area contributed by atoms with Crippen LogP contribution in [0.15, 0.2) is 23.8 Å². The summed E-state index contributed by atoms with van der Waals surface area (Å²) in [6.07, 6.45) is 3.64. The van der Waals surface area contributed by atoms with Gasteiger partial charge in [-0.1, -0.05) is 0 Å². The summed E-state index contributed by atoms with van der Waals surface area (Å²) in [5, 5.41) is 3.35. The van der Waals surface area contributed by atoms with Gasteiger partial charge in [0.15, 0.2) is 0 Å². The topological polar surface area (TPSA) is 48.4 Å². The molecule has 4 rings (SSSR count). The van der Waals surface area contributed by atoms with Gasteiger partial charge < -0.3 is 4.90 Å². The molecule has 4 heterocycles. The molecule has 2 aromatic rings. The van der Waals surface area contributed by atoms with Gasteiger partial charge in [0, 0.05) is 69.6 Å². The third-order valence-corrected chi connectivity index (χ3v) is 5.48.